The van der Waals surface area contributed by atoms with Gasteiger partial charge in [0.15, 0.2) is 17.6 Å². The van der Waals surface area contributed by atoms with Crippen molar-refractivity contribution in [2.45, 2.75) is 19.4 Å². The first-order chi connectivity index (χ1) is 7.00. The van der Waals surface area contributed by atoms with Gasteiger partial charge in [0.1, 0.15) is 0 Å². The highest BCUT2D eigenvalue weighted by atomic mass is 35.5. The Kier molecular flexibility index (Phi) is 3.39. The first-order valence-electron chi connectivity index (χ1n) is 4.40. The maximum atomic E-state index is 10.8. The van der Waals surface area contributed by atoms with E-state index in [1.807, 2.05) is 0 Å². The molecule has 0 aliphatic heterocycles. The number of hydrogen-bond acceptors (Lipinski definition) is 2. The second kappa shape index (κ2) is 4.37. The lowest BCUT2D eigenvalue weighted by Gasteiger charge is -2.21. The summed E-state index contributed by atoms with van der Waals surface area (Å²) in [5.41, 5.74) is -0.395. The molecule has 0 amide bonds. The van der Waals surface area contributed by atoms with Crippen LogP contribution in [0.15, 0.2) is 18.2 Å². The highest BCUT2D eigenvalue weighted by Gasteiger charge is 2.19. The quantitative estimate of drug-likeness (QED) is 0.581. The Balaban J connectivity index is 3.15. The zero-order valence-electron chi connectivity index (χ0n) is 8.58. The van der Waals surface area contributed by atoms with E-state index < -0.39 is 5.60 Å². The van der Waals surface area contributed by atoms with Crippen molar-refractivity contribution in [3.63, 3.8) is 0 Å². The monoisotopic (exact) mass is 222 g/mol. The third-order valence-corrected chi connectivity index (χ3v) is 2.13. The minimum Gasteiger partial charge on any atom is -0.473 e. The van der Waals surface area contributed by atoms with Crippen LogP contribution in [-0.2, 0) is 0 Å². The fourth-order valence-corrected chi connectivity index (χ4v) is 1.23. The average Bonchev–Trinajstić information content (AvgIpc) is 2.21. The van der Waals surface area contributed by atoms with E-state index in [0.29, 0.717) is 22.6 Å². The minimum atomic E-state index is -0.789. The van der Waals surface area contributed by atoms with Crippen LogP contribution in [0.5, 0.6) is 5.75 Å². The van der Waals surface area contributed by atoms with Crippen molar-refractivity contribution in [2.75, 3.05) is 0 Å². The SMILES string of the molecule is C#CC(C)(C)Oc1c(Cl)cccc1C=O. The number of halogens is 1. The van der Waals surface area contributed by atoms with Gasteiger partial charge in [0.25, 0.3) is 0 Å². The molecule has 1 aromatic rings. The van der Waals surface area contributed by atoms with Crippen LogP contribution in [0.3, 0.4) is 0 Å². The molecule has 0 saturated carbocycles. The highest BCUT2D eigenvalue weighted by Crippen LogP contribution is 2.30. The summed E-state index contributed by atoms with van der Waals surface area (Å²) in [5.74, 6) is 2.80. The number of hydrogen-bond donors (Lipinski definition) is 0. The molecule has 0 aromatic heterocycles. The number of carbonyl (C=O) groups is 1. The third kappa shape index (κ3) is 2.74. The normalized spacial score (nSPS) is 10.5. The molecule has 0 atom stereocenters. The highest BCUT2D eigenvalue weighted by molar-refractivity contribution is 6.32. The summed E-state index contributed by atoms with van der Waals surface area (Å²) in [6.45, 7) is 3.45. The van der Waals surface area contributed by atoms with Gasteiger partial charge in [-0.05, 0) is 26.0 Å². The van der Waals surface area contributed by atoms with E-state index in [9.17, 15) is 4.79 Å². The third-order valence-electron chi connectivity index (χ3n) is 1.83. The maximum absolute atomic E-state index is 10.8. The number of para-hydroxylation sites is 1. The first-order valence-corrected chi connectivity index (χ1v) is 4.78. The van der Waals surface area contributed by atoms with Crippen molar-refractivity contribution in [2.24, 2.45) is 0 Å². The van der Waals surface area contributed by atoms with Gasteiger partial charge < -0.3 is 4.74 Å². The zero-order chi connectivity index (χ0) is 11.5. The van der Waals surface area contributed by atoms with Crippen molar-refractivity contribution < 1.29 is 9.53 Å². The van der Waals surface area contributed by atoms with Gasteiger partial charge in [0, 0.05) is 0 Å². The van der Waals surface area contributed by atoms with Crippen molar-refractivity contribution in [3.05, 3.63) is 28.8 Å². The Morgan fingerprint density at radius 2 is 2.20 bits per heavy atom. The lowest BCUT2D eigenvalue weighted by Crippen LogP contribution is -2.26. The Labute approximate surface area is 94.2 Å². The van der Waals surface area contributed by atoms with Crippen molar-refractivity contribution in [3.8, 4) is 18.1 Å². The van der Waals surface area contributed by atoms with Gasteiger partial charge in [-0.3, -0.25) is 4.79 Å². The number of benzene rings is 1. The van der Waals surface area contributed by atoms with E-state index in [2.05, 4.69) is 5.92 Å². The van der Waals surface area contributed by atoms with Gasteiger partial charge in [-0.25, -0.2) is 0 Å². The van der Waals surface area contributed by atoms with Crippen LogP contribution < -0.4 is 4.74 Å². The topological polar surface area (TPSA) is 26.3 Å². The molecule has 0 bridgehead atoms. The standard InChI is InChI=1S/C12H11ClO2/c1-4-12(2,3)15-11-9(8-14)6-5-7-10(11)13/h1,5-8H,2-3H3. The molecule has 0 fully saturated rings. The minimum absolute atomic E-state index is 0.331. The number of carbonyl (C=O) groups excluding carboxylic acids is 1. The molecule has 0 radical (unpaired) electrons. The van der Waals surface area contributed by atoms with Gasteiger partial charge in [0.05, 0.1) is 10.6 Å². The molecule has 1 rings (SSSR count). The summed E-state index contributed by atoms with van der Waals surface area (Å²) in [6, 6.07) is 4.96. The molecule has 2 nitrogen and oxygen atoms in total. The van der Waals surface area contributed by atoms with Crippen LogP contribution in [0.1, 0.15) is 24.2 Å². The van der Waals surface area contributed by atoms with Crippen LogP contribution in [-0.4, -0.2) is 11.9 Å². The molecule has 0 saturated heterocycles. The molecule has 78 valence electrons. The van der Waals surface area contributed by atoms with Crippen molar-refractivity contribution >= 4 is 17.9 Å². The molecular weight excluding hydrogens is 212 g/mol. The van der Waals surface area contributed by atoms with E-state index in [1.54, 1.807) is 32.0 Å². The molecule has 0 unspecified atom stereocenters. The molecule has 0 aliphatic rings. The number of rotatable bonds is 3. The summed E-state index contributed by atoms with van der Waals surface area (Å²) in [5, 5.41) is 0.378. The van der Waals surface area contributed by atoms with Crippen LogP contribution >= 0.6 is 11.6 Å². The fourth-order valence-electron chi connectivity index (χ4n) is 1.01. The van der Waals surface area contributed by atoms with Gasteiger partial charge in [0.2, 0.25) is 0 Å². The molecule has 15 heavy (non-hydrogen) atoms. The Hall–Kier alpha value is -1.46. The van der Waals surface area contributed by atoms with Crippen LogP contribution in [0.2, 0.25) is 5.02 Å². The number of ether oxygens (including phenoxy) is 1. The largest absolute Gasteiger partial charge is 0.473 e. The molecule has 0 heterocycles. The average molecular weight is 223 g/mol. The Morgan fingerprint density at radius 3 is 2.73 bits per heavy atom. The van der Waals surface area contributed by atoms with E-state index in [0.717, 1.165) is 0 Å². The Bertz CT molecular complexity index is 416. The van der Waals surface area contributed by atoms with E-state index in [4.69, 9.17) is 22.8 Å². The predicted octanol–water partition coefficient (Wildman–Crippen LogP) is 2.94. The van der Waals surface area contributed by atoms with Crippen LogP contribution in [0.25, 0.3) is 0 Å². The van der Waals surface area contributed by atoms with Gasteiger partial charge in [-0.1, -0.05) is 23.6 Å². The molecule has 0 N–H and O–H groups in total. The van der Waals surface area contributed by atoms with Gasteiger partial charge in [-0.2, -0.15) is 0 Å². The summed E-state index contributed by atoms with van der Waals surface area (Å²) in [7, 11) is 0. The molecule has 0 aliphatic carbocycles. The molecule has 3 heteroatoms. The second-order valence-corrected chi connectivity index (χ2v) is 3.94. The lowest BCUT2D eigenvalue weighted by atomic mass is 10.1. The lowest BCUT2D eigenvalue weighted by molar-refractivity contribution is 0.111. The van der Waals surface area contributed by atoms with E-state index in [1.165, 1.54) is 0 Å². The van der Waals surface area contributed by atoms with Crippen molar-refractivity contribution in [1.29, 1.82) is 0 Å². The van der Waals surface area contributed by atoms with Gasteiger partial charge >= 0.3 is 0 Å². The van der Waals surface area contributed by atoms with Gasteiger partial charge in [-0.15, -0.1) is 6.42 Å². The molecule has 1 aromatic carbocycles. The smallest absolute Gasteiger partial charge is 0.163 e. The second-order valence-electron chi connectivity index (χ2n) is 3.53. The summed E-state index contributed by atoms with van der Waals surface area (Å²) >= 11 is 5.92. The number of terminal acetylenes is 1. The maximum Gasteiger partial charge on any atom is 0.163 e. The summed E-state index contributed by atoms with van der Waals surface area (Å²) < 4.78 is 5.50. The van der Waals surface area contributed by atoms with Crippen molar-refractivity contribution in [1.82, 2.24) is 0 Å². The van der Waals surface area contributed by atoms with Crippen LogP contribution in [0.4, 0.5) is 0 Å². The van der Waals surface area contributed by atoms with Crippen LogP contribution in [0, 0.1) is 12.3 Å². The van der Waals surface area contributed by atoms with E-state index >= 15 is 0 Å². The number of aldehydes is 1. The molecular formula is C12H11ClO2. The first kappa shape index (κ1) is 11.6. The summed E-state index contributed by atoms with van der Waals surface area (Å²) in [4.78, 5) is 10.8. The molecule has 0 spiro atoms. The summed E-state index contributed by atoms with van der Waals surface area (Å²) in [6.07, 6.45) is 5.98. The zero-order valence-corrected chi connectivity index (χ0v) is 9.34. The van der Waals surface area contributed by atoms with E-state index in [-0.39, 0.29) is 0 Å². The Morgan fingerprint density at radius 1 is 1.53 bits per heavy atom. The predicted molar refractivity (Wildman–Crippen MR) is 60.4 cm³/mol. The fraction of sp³-hybridized carbons (Fsp3) is 0.250.